The number of hydrogen-bond acceptors (Lipinski definition) is 6. The number of ether oxygens (including phenoxy) is 1. The lowest BCUT2D eigenvalue weighted by Gasteiger charge is -2.19. The first-order valence-corrected chi connectivity index (χ1v) is 11.7. The van der Waals surface area contributed by atoms with Crippen molar-refractivity contribution in [3.8, 4) is 5.75 Å². The van der Waals surface area contributed by atoms with Crippen molar-refractivity contribution in [1.82, 2.24) is 24.3 Å². The van der Waals surface area contributed by atoms with Crippen molar-refractivity contribution in [2.75, 3.05) is 20.2 Å². The predicted octanol–water partition coefficient (Wildman–Crippen LogP) is 2.89. The highest BCUT2D eigenvalue weighted by atomic mass is 16.5. The number of benzene rings is 1. The van der Waals surface area contributed by atoms with Gasteiger partial charge in [0.25, 0.3) is 11.5 Å². The number of nitrogens with one attached hydrogen (secondary N) is 1. The maximum absolute atomic E-state index is 13.4. The van der Waals surface area contributed by atoms with Gasteiger partial charge in [-0.25, -0.2) is 4.98 Å². The number of carbonyl (C=O) groups excluding carboxylic acids is 1. The van der Waals surface area contributed by atoms with Gasteiger partial charge in [-0.05, 0) is 31.2 Å². The molecule has 3 aromatic heterocycles. The minimum absolute atomic E-state index is 0.169. The monoisotopic (exact) mass is 475 g/mol. The van der Waals surface area contributed by atoms with Crippen molar-refractivity contribution in [2.24, 2.45) is 7.05 Å². The van der Waals surface area contributed by atoms with Crippen molar-refractivity contribution in [3.63, 3.8) is 0 Å². The lowest BCUT2D eigenvalue weighted by atomic mass is 10.1. The fraction of sp³-hybridized carbons (Fsp3) is 0.346. The zero-order chi connectivity index (χ0) is 24.5. The molecule has 4 heterocycles. The Morgan fingerprint density at radius 2 is 2.03 bits per heavy atom. The summed E-state index contributed by atoms with van der Waals surface area (Å²) < 4.78 is 14.7. The molecule has 1 aliphatic heterocycles. The molecule has 1 N–H and O–H groups in total. The molecule has 1 aromatic carbocycles. The number of carbonyl (C=O) groups is 1. The molecule has 0 saturated carbocycles. The SMILES string of the molecule is COc1cc(=O)n2c(c1C(=O)N[C@H](C)c1ccco1)CCN(Cc1nc3ccccc3n1C)CC2. The van der Waals surface area contributed by atoms with E-state index in [1.54, 1.807) is 16.9 Å². The van der Waals surface area contributed by atoms with Crippen LogP contribution in [-0.2, 0) is 26.6 Å². The van der Waals surface area contributed by atoms with Crippen LogP contribution in [0.4, 0.5) is 0 Å². The number of nitrogens with zero attached hydrogens (tertiary/aromatic N) is 4. The number of imidazole rings is 1. The van der Waals surface area contributed by atoms with E-state index in [4.69, 9.17) is 14.1 Å². The first kappa shape index (κ1) is 22.9. The average molecular weight is 476 g/mol. The van der Waals surface area contributed by atoms with Gasteiger partial charge in [0.15, 0.2) is 0 Å². The second kappa shape index (κ2) is 9.42. The van der Waals surface area contributed by atoms with Gasteiger partial charge >= 0.3 is 0 Å². The van der Waals surface area contributed by atoms with Crippen LogP contribution in [0.25, 0.3) is 11.0 Å². The summed E-state index contributed by atoms with van der Waals surface area (Å²) in [6.07, 6.45) is 2.11. The minimum Gasteiger partial charge on any atom is -0.496 e. The Morgan fingerprint density at radius 1 is 1.20 bits per heavy atom. The lowest BCUT2D eigenvalue weighted by Crippen LogP contribution is -2.32. The van der Waals surface area contributed by atoms with Crippen LogP contribution < -0.4 is 15.6 Å². The van der Waals surface area contributed by atoms with Gasteiger partial charge in [-0.2, -0.15) is 0 Å². The topological polar surface area (TPSA) is 94.5 Å². The molecule has 35 heavy (non-hydrogen) atoms. The Hall–Kier alpha value is -3.85. The fourth-order valence-corrected chi connectivity index (χ4v) is 4.77. The van der Waals surface area contributed by atoms with E-state index >= 15 is 0 Å². The minimum atomic E-state index is -0.324. The number of fused-ring (bicyclic) bond motifs is 2. The third-order valence-electron chi connectivity index (χ3n) is 6.70. The van der Waals surface area contributed by atoms with E-state index in [1.807, 2.05) is 38.2 Å². The van der Waals surface area contributed by atoms with E-state index in [1.165, 1.54) is 13.2 Å². The maximum atomic E-state index is 13.4. The quantitative estimate of drug-likeness (QED) is 0.461. The van der Waals surface area contributed by atoms with Gasteiger partial charge in [0.2, 0.25) is 0 Å². The van der Waals surface area contributed by atoms with Crippen LogP contribution in [-0.4, -0.2) is 45.1 Å². The molecule has 0 fully saturated rings. The third kappa shape index (κ3) is 4.35. The van der Waals surface area contributed by atoms with Crippen LogP contribution >= 0.6 is 0 Å². The summed E-state index contributed by atoms with van der Waals surface area (Å²) >= 11 is 0. The fourth-order valence-electron chi connectivity index (χ4n) is 4.77. The maximum Gasteiger partial charge on any atom is 0.257 e. The average Bonchev–Trinajstić information content (AvgIpc) is 3.44. The highest BCUT2D eigenvalue weighted by Crippen LogP contribution is 2.25. The van der Waals surface area contributed by atoms with E-state index < -0.39 is 0 Å². The van der Waals surface area contributed by atoms with Gasteiger partial charge in [-0.15, -0.1) is 0 Å². The van der Waals surface area contributed by atoms with Crippen molar-refractivity contribution in [3.05, 3.63) is 81.9 Å². The first-order chi connectivity index (χ1) is 17.0. The molecule has 0 radical (unpaired) electrons. The summed E-state index contributed by atoms with van der Waals surface area (Å²) in [6.45, 7) is 4.35. The number of rotatable bonds is 6. The molecule has 1 amide bonds. The molecule has 1 aliphatic rings. The molecule has 0 saturated heterocycles. The Kier molecular flexibility index (Phi) is 6.17. The number of para-hydroxylation sites is 2. The highest BCUT2D eigenvalue weighted by molar-refractivity contribution is 5.98. The van der Waals surface area contributed by atoms with Crippen molar-refractivity contribution >= 4 is 16.9 Å². The van der Waals surface area contributed by atoms with Crippen molar-refractivity contribution in [2.45, 2.75) is 32.5 Å². The molecule has 0 unspecified atom stereocenters. The van der Waals surface area contributed by atoms with Crippen LogP contribution in [0.2, 0.25) is 0 Å². The first-order valence-electron chi connectivity index (χ1n) is 11.7. The summed E-state index contributed by atoms with van der Waals surface area (Å²) in [7, 11) is 3.50. The summed E-state index contributed by atoms with van der Waals surface area (Å²) in [6, 6.07) is 12.7. The predicted molar refractivity (Wildman–Crippen MR) is 132 cm³/mol. The number of furan rings is 1. The zero-order valence-corrected chi connectivity index (χ0v) is 20.2. The third-order valence-corrected chi connectivity index (χ3v) is 6.70. The summed E-state index contributed by atoms with van der Waals surface area (Å²) in [5.74, 6) is 1.62. The number of methoxy groups -OCH3 is 1. The van der Waals surface area contributed by atoms with Crippen LogP contribution in [0.5, 0.6) is 5.75 Å². The Labute approximate surface area is 202 Å². The molecule has 0 bridgehead atoms. The molecule has 182 valence electrons. The Balaban J connectivity index is 1.41. The van der Waals surface area contributed by atoms with Crippen LogP contribution in [0, 0.1) is 0 Å². The van der Waals surface area contributed by atoms with E-state index in [-0.39, 0.29) is 23.3 Å². The summed E-state index contributed by atoms with van der Waals surface area (Å²) in [5.41, 5.74) is 2.97. The molecule has 0 spiro atoms. The second-order valence-electron chi connectivity index (χ2n) is 8.84. The Morgan fingerprint density at radius 3 is 2.77 bits per heavy atom. The van der Waals surface area contributed by atoms with Gasteiger partial charge in [0.1, 0.15) is 22.9 Å². The molecule has 1 atom stereocenters. The van der Waals surface area contributed by atoms with Gasteiger partial charge < -0.3 is 23.6 Å². The van der Waals surface area contributed by atoms with E-state index in [2.05, 4.69) is 20.9 Å². The Bertz CT molecular complexity index is 1420. The summed E-state index contributed by atoms with van der Waals surface area (Å²) in [5, 5.41) is 2.98. The lowest BCUT2D eigenvalue weighted by molar-refractivity contribution is 0.0930. The van der Waals surface area contributed by atoms with Gasteiger partial charge in [-0.3, -0.25) is 14.5 Å². The molecular weight excluding hydrogens is 446 g/mol. The summed E-state index contributed by atoms with van der Waals surface area (Å²) in [4.78, 5) is 33.3. The van der Waals surface area contributed by atoms with Crippen LogP contribution in [0.15, 0.2) is 57.9 Å². The molecule has 5 rings (SSSR count). The second-order valence-corrected chi connectivity index (χ2v) is 8.84. The number of hydrogen-bond donors (Lipinski definition) is 1. The normalized spacial score (nSPS) is 14.9. The number of aromatic nitrogens is 3. The largest absolute Gasteiger partial charge is 0.496 e. The number of amides is 1. The van der Waals surface area contributed by atoms with Gasteiger partial charge in [-0.1, -0.05) is 12.1 Å². The highest BCUT2D eigenvalue weighted by Gasteiger charge is 2.27. The van der Waals surface area contributed by atoms with Crippen LogP contribution in [0.3, 0.4) is 0 Å². The van der Waals surface area contributed by atoms with Crippen molar-refractivity contribution < 1.29 is 13.9 Å². The molecule has 9 heteroatoms. The molecule has 9 nitrogen and oxygen atoms in total. The standard InChI is InChI=1S/C26H29N5O4/c1-17(21-9-6-14-35-21)27-26(33)25-20-10-11-30(12-13-31(20)24(32)15-22(25)34-3)16-23-28-18-7-4-5-8-19(18)29(23)2/h4-9,14-15,17H,10-13,16H2,1-3H3,(H,27,33)/t17-/m1/s1. The van der Waals surface area contributed by atoms with Gasteiger partial charge in [0.05, 0.1) is 37.0 Å². The van der Waals surface area contributed by atoms with E-state index in [0.717, 1.165) is 16.9 Å². The van der Waals surface area contributed by atoms with Gasteiger partial charge in [0, 0.05) is 44.9 Å². The van der Waals surface area contributed by atoms with Crippen molar-refractivity contribution in [1.29, 1.82) is 0 Å². The number of aryl methyl sites for hydroxylation is 1. The molecular formula is C26H29N5O4. The zero-order valence-electron chi connectivity index (χ0n) is 20.2. The van der Waals surface area contributed by atoms with E-state index in [0.29, 0.717) is 49.6 Å². The van der Waals surface area contributed by atoms with E-state index in [9.17, 15) is 9.59 Å². The molecule has 0 aliphatic carbocycles. The van der Waals surface area contributed by atoms with Crippen LogP contribution in [0.1, 0.15) is 40.6 Å². The smallest absolute Gasteiger partial charge is 0.257 e. The molecule has 4 aromatic rings. The number of pyridine rings is 1.